The summed E-state index contributed by atoms with van der Waals surface area (Å²) in [5, 5.41) is -0.108. The maximum absolute atomic E-state index is 15.4. The van der Waals surface area contributed by atoms with Gasteiger partial charge in [-0.25, -0.2) is 18.4 Å². The van der Waals surface area contributed by atoms with E-state index < -0.39 is 34.9 Å². The van der Waals surface area contributed by atoms with Crippen molar-refractivity contribution in [1.82, 2.24) is 9.24 Å². The molecular weight excluding hydrogens is 416 g/mol. The first-order valence-electron chi connectivity index (χ1n) is 9.82. The zero-order valence-corrected chi connectivity index (χ0v) is 17.1. The molecule has 2 atom stereocenters. The maximum Gasteiger partial charge on any atom is 0.404 e. The molecule has 4 rings (SSSR count). The predicted molar refractivity (Wildman–Crippen MR) is 108 cm³/mol. The van der Waals surface area contributed by atoms with Crippen LogP contribution in [0.25, 0.3) is 10.9 Å². The van der Waals surface area contributed by atoms with Crippen molar-refractivity contribution in [1.29, 1.82) is 0 Å². The summed E-state index contributed by atoms with van der Waals surface area (Å²) < 4.78 is 42.7. The summed E-state index contributed by atoms with van der Waals surface area (Å²) in [4.78, 5) is 37.7. The van der Waals surface area contributed by atoms with Gasteiger partial charge in [0.1, 0.15) is 17.3 Å². The number of nitrogen functional groups attached to an aromatic ring is 1. The topological polar surface area (TPSA) is 135 Å². The molecule has 168 valence electrons. The van der Waals surface area contributed by atoms with E-state index in [1.54, 1.807) is 0 Å². The molecule has 2 heterocycles. The van der Waals surface area contributed by atoms with Crippen molar-refractivity contribution in [2.24, 2.45) is 5.73 Å². The molecule has 1 aliphatic carbocycles. The number of hydrogen-bond donors (Lipinski definition) is 2. The number of primary amides is 1. The molecule has 10 nitrogen and oxygen atoms in total. The largest absolute Gasteiger partial charge is 0.492 e. The van der Waals surface area contributed by atoms with Gasteiger partial charge < -0.3 is 25.9 Å². The van der Waals surface area contributed by atoms with Crippen molar-refractivity contribution >= 4 is 22.7 Å². The van der Waals surface area contributed by atoms with E-state index in [1.165, 1.54) is 23.5 Å². The number of amides is 1. The summed E-state index contributed by atoms with van der Waals surface area (Å²) >= 11 is 0. The van der Waals surface area contributed by atoms with Crippen LogP contribution < -0.4 is 32.5 Å². The third kappa shape index (κ3) is 3.26. The minimum absolute atomic E-state index is 0.0515. The van der Waals surface area contributed by atoms with Crippen molar-refractivity contribution < 1.29 is 23.0 Å². The van der Waals surface area contributed by atoms with E-state index >= 15 is 8.78 Å². The number of hydrogen-bond acceptors (Lipinski definition) is 7. The van der Waals surface area contributed by atoms with E-state index in [-0.39, 0.29) is 47.9 Å². The van der Waals surface area contributed by atoms with Gasteiger partial charge in [-0.1, -0.05) is 0 Å². The fraction of sp³-hybridized carbons (Fsp3) is 0.526. The minimum atomic E-state index is -1.97. The number of carbonyl (C=O) groups is 1. The fourth-order valence-electron chi connectivity index (χ4n) is 4.20. The zero-order chi connectivity index (χ0) is 22.7. The Bertz CT molecular complexity index is 1190. The van der Waals surface area contributed by atoms with E-state index in [9.17, 15) is 14.4 Å². The molecule has 1 saturated carbocycles. The average Bonchev–Trinajstić information content (AvgIpc) is 3.46. The molecular formula is C19H23F2N5O5. The summed E-state index contributed by atoms with van der Waals surface area (Å²) in [6.45, 7) is 1.15. The van der Waals surface area contributed by atoms with Crippen LogP contribution in [0.3, 0.4) is 0 Å². The number of ether oxygens (including phenoxy) is 2. The number of benzene rings is 1. The number of anilines is 1. The van der Waals surface area contributed by atoms with E-state index in [0.29, 0.717) is 17.5 Å². The van der Waals surface area contributed by atoms with Crippen LogP contribution in [0.4, 0.5) is 19.3 Å². The first-order valence-corrected chi connectivity index (χ1v) is 9.82. The maximum atomic E-state index is 15.4. The standard InChI is InChI=1S/C19H23F2N5O5/c1-9(31-17(22)28)19(21)5-6-24(8-19)14-12(20)7-11-13(15(14)30-2)25(10-3-4-10)18(29)26(23)16(11)27/h7,9-10H,3-6,8,23H2,1-2H3,(H2,22,28). The number of halogens is 2. The van der Waals surface area contributed by atoms with Crippen LogP contribution in [0.1, 0.15) is 32.2 Å². The van der Waals surface area contributed by atoms with Crippen LogP contribution in [0, 0.1) is 5.82 Å². The molecule has 31 heavy (non-hydrogen) atoms. The summed E-state index contributed by atoms with van der Waals surface area (Å²) in [5.41, 5.74) is 1.47. The summed E-state index contributed by atoms with van der Waals surface area (Å²) in [6.07, 6.45) is -0.922. The first-order chi connectivity index (χ1) is 14.6. The third-order valence-corrected chi connectivity index (χ3v) is 5.99. The van der Waals surface area contributed by atoms with Gasteiger partial charge in [0, 0.05) is 19.0 Å². The molecule has 0 spiro atoms. The quantitative estimate of drug-likeness (QED) is 0.657. The van der Waals surface area contributed by atoms with Gasteiger partial charge in [0.15, 0.2) is 17.2 Å². The lowest BCUT2D eigenvalue weighted by molar-refractivity contribution is 0.00528. The molecule has 2 fully saturated rings. The molecule has 1 amide bonds. The Morgan fingerprint density at radius 2 is 2.03 bits per heavy atom. The Kier molecular flexibility index (Phi) is 4.82. The number of nitrogens with two attached hydrogens (primary N) is 2. The second-order valence-corrected chi connectivity index (χ2v) is 7.98. The van der Waals surface area contributed by atoms with Crippen molar-refractivity contribution in [2.75, 3.05) is 30.9 Å². The molecule has 12 heteroatoms. The van der Waals surface area contributed by atoms with Crippen molar-refractivity contribution in [3.8, 4) is 5.75 Å². The SMILES string of the molecule is COc1c(N2CCC(F)(C(C)OC(N)=O)C2)c(F)cc2c(=O)n(N)c(=O)n(C3CC3)c12. The van der Waals surface area contributed by atoms with Crippen molar-refractivity contribution in [2.45, 2.75) is 44.0 Å². The van der Waals surface area contributed by atoms with E-state index in [1.807, 2.05) is 0 Å². The Labute approximate surface area is 174 Å². The van der Waals surface area contributed by atoms with Crippen LogP contribution in [0.5, 0.6) is 5.75 Å². The Morgan fingerprint density at radius 3 is 2.61 bits per heavy atom. The van der Waals surface area contributed by atoms with Crippen LogP contribution in [-0.2, 0) is 4.74 Å². The molecule has 0 bridgehead atoms. The molecule has 1 aliphatic heterocycles. The van der Waals surface area contributed by atoms with Crippen LogP contribution in [0.15, 0.2) is 15.7 Å². The normalized spacial score (nSPS) is 22.0. The Hall–Kier alpha value is -3.31. The van der Waals surface area contributed by atoms with E-state index in [0.717, 1.165) is 6.07 Å². The number of alkyl halides is 1. The molecule has 1 saturated heterocycles. The average molecular weight is 439 g/mol. The lowest BCUT2D eigenvalue weighted by Crippen LogP contribution is -2.45. The smallest absolute Gasteiger partial charge is 0.404 e. The number of aromatic nitrogens is 2. The number of fused-ring (bicyclic) bond motifs is 1. The molecule has 2 unspecified atom stereocenters. The molecule has 1 aromatic heterocycles. The van der Waals surface area contributed by atoms with Gasteiger partial charge >= 0.3 is 11.8 Å². The summed E-state index contributed by atoms with van der Waals surface area (Å²) in [5.74, 6) is 4.75. The van der Waals surface area contributed by atoms with Gasteiger partial charge in [-0.2, -0.15) is 4.68 Å². The Morgan fingerprint density at radius 1 is 1.35 bits per heavy atom. The highest BCUT2D eigenvalue weighted by atomic mass is 19.1. The van der Waals surface area contributed by atoms with E-state index in [4.69, 9.17) is 21.1 Å². The van der Waals surface area contributed by atoms with Gasteiger partial charge in [-0.15, -0.1) is 0 Å². The molecule has 2 aliphatic rings. The molecule has 2 aromatic rings. The number of methoxy groups -OCH3 is 1. The fourth-order valence-corrected chi connectivity index (χ4v) is 4.20. The van der Waals surface area contributed by atoms with Gasteiger partial charge in [-0.3, -0.25) is 9.36 Å². The van der Waals surface area contributed by atoms with Crippen molar-refractivity contribution in [3.63, 3.8) is 0 Å². The molecule has 0 radical (unpaired) electrons. The van der Waals surface area contributed by atoms with Crippen LogP contribution in [-0.4, -0.2) is 47.3 Å². The number of rotatable bonds is 5. The zero-order valence-electron chi connectivity index (χ0n) is 17.1. The van der Waals surface area contributed by atoms with Gasteiger partial charge in [0.25, 0.3) is 5.56 Å². The summed E-state index contributed by atoms with van der Waals surface area (Å²) in [7, 11) is 1.28. The van der Waals surface area contributed by atoms with Crippen LogP contribution in [0.2, 0.25) is 0 Å². The molecule has 4 N–H and O–H groups in total. The van der Waals surface area contributed by atoms with Crippen LogP contribution >= 0.6 is 0 Å². The summed E-state index contributed by atoms with van der Waals surface area (Å²) in [6, 6.07) is 0.791. The highest BCUT2D eigenvalue weighted by molar-refractivity contribution is 5.91. The predicted octanol–water partition coefficient (Wildman–Crippen LogP) is 0.762. The highest BCUT2D eigenvalue weighted by Gasteiger charge is 2.46. The van der Waals surface area contributed by atoms with E-state index in [2.05, 4.69) is 0 Å². The van der Waals surface area contributed by atoms with Gasteiger partial charge in [0.2, 0.25) is 0 Å². The number of carbonyl (C=O) groups excluding carboxylic acids is 1. The first kappa shape index (κ1) is 20.9. The Balaban J connectivity index is 1.89. The highest BCUT2D eigenvalue weighted by Crippen LogP contribution is 2.44. The second-order valence-electron chi connectivity index (χ2n) is 7.98. The second kappa shape index (κ2) is 7.13. The minimum Gasteiger partial charge on any atom is -0.492 e. The number of nitrogens with zero attached hydrogens (tertiary/aromatic N) is 3. The van der Waals surface area contributed by atoms with Gasteiger partial charge in [0.05, 0.1) is 19.0 Å². The molecule has 1 aromatic carbocycles. The monoisotopic (exact) mass is 439 g/mol. The lowest BCUT2D eigenvalue weighted by atomic mass is 9.99. The van der Waals surface area contributed by atoms with Crippen molar-refractivity contribution in [3.05, 3.63) is 32.7 Å². The van der Waals surface area contributed by atoms with Gasteiger partial charge in [-0.05, 0) is 25.8 Å². The lowest BCUT2D eigenvalue weighted by Gasteiger charge is -2.28. The third-order valence-electron chi connectivity index (χ3n) is 5.99.